The van der Waals surface area contributed by atoms with E-state index in [0.717, 1.165) is 6.29 Å². The molecule has 110 valence electrons. The van der Waals surface area contributed by atoms with Crippen LogP contribution >= 0.6 is 0 Å². The van der Waals surface area contributed by atoms with Gasteiger partial charge >= 0.3 is 5.97 Å². The zero-order valence-corrected chi connectivity index (χ0v) is 11.9. The summed E-state index contributed by atoms with van der Waals surface area (Å²) >= 11 is 0. The maximum atomic E-state index is 11.7. The van der Waals surface area contributed by atoms with Crippen molar-refractivity contribution in [2.24, 2.45) is 11.8 Å². The molecule has 6 nitrogen and oxygen atoms in total. The first-order valence-electron chi connectivity index (χ1n) is 6.71. The minimum Gasteiger partial charge on any atom is -0.472 e. The molecular formula is C14H19NO5. The van der Waals surface area contributed by atoms with E-state index in [4.69, 9.17) is 14.0 Å². The molecule has 1 aromatic rings. The number of ether oxygens (including phenoxy) is 2. The Hall–Kier alpha value is -1.85. The van der Waals surface area contributed by atoms with E-state index in [-0.39, 0.29) is 23.9 Å². The van der Waals surface area contributed by atoms with Crippen LogP contribution in [-0.4, -0.2) is 30.6 Å². The summed E-state index contributed by atoms with van der Waals surface area (Å²) in [6.45, 7) is 3.82. The maximum absolute atomic E-state index is 11.7. The van der Waals surface area contributed by atoms with Crippen LogP contribution in [-0.2, 0) is 14.3 Å². The molecule has 1 atom stereocenters. The Morgan fingerprint density at radius 2 is 2.20 bits per heavy atom. The van der Waals surface area contributed by atoms with Crippen LogP contribution in [0.5, 0.6) is 5.88 Å². The van der Waals surface area contributed by atoms with Gasteiger partial charge < -0.3 is 18.8 Å². The maximum Gasteiger partial charge on any atom is 0.316 e. The quantitative estimate of drug-likeness (QED) is 0.585. The van der Waals surface area contributed by atoms with E-state index in [2.05, 4.69) is 5.16 Å². The highest BCUT2D eigenvalue weighted by atomic mass is 16.5. The Balaban J connectivity index is 2.00. The second kappa shape index (κ2) is 6.07. The van der Waals surface area contributed by atoms with Crippen LogP contribution in [0, 0.1) is 11.8 Å². The van der Waals surface area contributed by atoms with Gasteiger partial charge in [-0.3, -0.25) is 4.79 Å². The lowest BCUT2D eigenvalue weighted by molar-refractivity contribution is -0.144. The fourth-order valence-electron chi connectivity index (χ4n) is 2.30. The number of esters is 1. The standard InChI is InChI=1S/C14H19NO5/c1-8(2)13(14(17)18-3)11-6-12(15-20-11)19-10-4-9(5-10)7-16/h6-10,13H,4-5H2,1-3H3/t9-,10-,13?. The third-order valence-electron chi connectivity index (χ3n) is 3.55. The van der Waals surface area contributed by atoms with Crippen LogP contribution in [0.3, 0.4) is 0 Å². The monoisotopic (exact) mass is 281 g/mol. The van der Waals surface area contributed by atoms with Crippen molar-refractivity contribution in [2.45, 2.75) is 38.7 Å². The number of aromatic nitrogens is 1. The summed E-state index contributed by atoms with van der Waals surface area (Å²) < 4.78 is 15.6. The molecule has 20 heavy (non-hydrogen) atoms. The number of nitrogens with zero attached hydrogens (tertiary/aromatic N) is 1. The molecule has 1 saturated carbocycles. The number of carbonyl (C=O) groups excluding carboxylic acids is 2. The Labute approximate surface area is 117 Å². The number of hydrogen-bond donors (Lipinski definition) is 0. The molecule has 0 N–H and O–H groups in total. The van der Waals surface area contributed by atoms with Gasteiger partial charge in [-0.15, -0.1) is 0 Å². The highest BCUT2D eigenvalue weighted by molar-refractivity contribution is 5.77. The lowest BCUT2D eigenvalue weighted by Gasteiger charge is -2.30. The minimum atomic E-state index is -0.492. The summed E-state index contributed by atoms with van der Waals surface area (Å²) in [6.07, 6.45) is 2.35. The van der Waals surface area contributed by atoms with E-state index >= 15 is 0 Å². The second-order valence-corrected chi connectivity index (χ2v) is 5.42. The molecule has 1 heterocycles. The van der Waals surface area contributed by atoms with Crippen molar-refractivity contribution in [1.82, 2.24) is 5.16 Å². The third-order valence-corrected chi connectivity index (χ3v) is 3.55. The largest absolute Gasteiger partial charge is 0.472 e. The van der Waals surface area contributed by atoms with Crippen molar-refractivity contribution in [3.63, 3.8) is 0 Å². The lowest BCUT2D eigenvalue weighted by Crippen LogP contribution is -2.34. The molecule has 0 aliphatic heterocycles. The van der Waals surface area contributed by atoms with Gasteiger partial charge in [0.25, 0.3) is 5.88 Å². The number of methoxy groups -OCH3 is 1. The van der Waals surface area contributed by atoms with Crippen molar-refractivity contribution in [3.8, 4) is 5.88 Å². The van der Waals surface area contributed by atoms with Crippen molar-refractivity contribution in [3.05, 3.63) is 11.8 Å². The molecule has 0 saturated heterocycles. The van der Waals surface area contributed by atoms with Gasteiger partial charge in [0, 0.05) is 12.0 Å². The second-order valence-electron chi connectivity index (χ2n) is 5.42. The zero-order chi connectivity index (χ0) is 14.7. The summed E-state index contributed by atoms with van der Waals surface area (Å²) in [5.41, 5.74) is 0. The molecule has 1 fully saturated rings. The highest BCUT2D eigenvalue weighted by Crippen LogP contribution is 2.32. The summed E-state index contributed by atoms with van der Waals surface area (Å²) in [7, 11) is 1.35. The van der Waals surface area contributed by atoms with Crippen molar-refractivity contribution < 1.29 is 23.6 Å². The molecular weight excluding hydrogens is 262 g/mol. The zero-order valence-electron chi connectivity index (χ0n) is 11.9. The van der Waals surface area contributed by atoms with E-state index in [9.17, 15) is 9.59 Å². The fraction of sp³-hybridized carbons (Fsp3) is 0.643. The van der Waals surface area contributed by atoms with Crippen LogP contribution in [0.25, 0.3) is 0 Å². The topological polar surface area (TPSA) is 78.6 Å². The van der Waals surface area contributed by atoms with E-state index < -0.39 is 5.92 Å². The summed E-state index contributed by atoms with van der Waals surface area (Å²) in [5, 5.41) is 3.82. The predicted molar refractivity (Wildman–Crippen MR) is 69.3 cm³/mol. The van der Waals surface area contributed by atoms with Crippen LogP contribution in [0.2, 0.25) is 0 Å². The molecule has 1 aromatic heterocycles. The summed E-state index contributed by atoms with van der Waals surface area (Å²) in [5.74, 6) is 0.0644. The van der Waals surface area contributed by atoms with Crippen molar-refractivity contribution in [2.75, 3.05) is 7.11 Å². The molecule has 1 unspecified atom stereocenters. The van der Waals surface area contributed by atoms with E-state index in [1.54, 1.807) is 6.07 Å². The first-order valence-corrected chi connectivity index (χ1v) is 6.71. The van der Waals surface area contributed by atoms with Crippen molar-refractivity contribution in [1.29, 1.82) is 0 Å². The average molecular weight is 281 g/mol. The van der Waals surface area contributed by atoms with E-state index in [0.29, 0.717) is 24.5 Å². The van der Waals surface area contributed by atoms with Crippen LogP contribution < -0.4 is 4.74 Å². The Bertz CT molecular complexity index is 476. The van der Waals surface area contributed by atoms with Gasteiger partial charge in [-0.2, -0.15) is 0 Å². The molecule has 0 aromatic carbocycles. The van der Waals surface area contributed by atoms with E-state index in [1.165, 1.54) is 7.11 Å². The fourth-order valence-corrected chi connectivity index (χ4v) is 2.30. The van der Waals surface area contributed by atoms with Gasteiger partial charge in [-0.05, 0) is 23.9 Å². The van der Waals surface area contributed by atoms with Crippen LogP contribution in [0.1, 0.15) is 38.4 Å². The number of hydrogen-bond acceptors (Lipinski definition) is 6. The molecule has 1 aliphatic carbocycles. The first-order chi connectivity index (χ1) is 9.55. The molecule has 6 heteroatoms. The van der Waals surface area contributed by atoms with Gasteiger partial charge in [0.2, 0.25) is 0 Å². The SMILES string of the molecule is COC(=O)C(c1cc(O[C@H]2C[C@H](C=O)C2)no1)C(C)C. The normalized spacial score (nSPS) is 23.0. The summed E-state index contributed by atoms with van der Waals surface area (Å²) in [6, 6.07) is 1.62. The molecule has 0 spiro atoms. The number of carbonyl (C=O) groups is 2. The lowest BCUT2D eigenvalue weighted by atomic mass is 9.83. The smallest absolute Gasteiger partial charge is 0.316 e. The van der Waals surface area contributed by atoms with Crippen LogP contribution in [0.4, 0.5) is 0 Å². The Kier molecular flexibility index (Phi) is 4.42. The first kappa shape index (κ1) is 14.6. The number of rotatable bonds is 6. The number of aldehydes is 1. The Morgan fingerprint density at radius 1 is 1.50 bits per heavy atom. The summed E-state index contributed by atoms with van der Waals surface area (Å²) in [4.78, 5) is 22.3. The Morgan fingerprint density at radius 3 is 2.75 bits per heavy atom. The third kappa shape index (κ3) is 3.00. The molecule has 0 radical (unpaired) electrons. The van der Waals surface area contributed by atoms with E-state index in [1.807, 2.05) is 13.8 Å². The van der Waals surface area contributed by atoms with Gasteiger partial charge in [0.1, 0.15) is 18.3 Å². The molecule has 0 bridgehead atoms. The van der Waals surface area contributed by atoms with Gasteiger partial charge in [0.15, 0.2) is 5.76 Å². The van der Waals surface area contributed by atoms with Crippen molar-refractivity contribution >= 4 is 12.3 Å². The minimum absolute atomic E-state index is 0.00113. The predicted octanol–water partition coefficient (Wildman–Crippen LogP) is 1.94. The van der Waals surface area contributed by atoms with Gasteiger partial charge in [-0.1, -0.05) is 13.8 Å². The molecule has 2 rings (SSSR count). The van der Waals surface area contributed by atoms with Gasteiger partial charge in [-0.25, -0.2) is 0 Å². The molecule has 0 amide bonds. The van der Waals surface area contributed by atoms with Crippen LogP contribution in [0.15, 0.2) is 10.6 Å². The molecule has 1 aliphatic rings. The van der Waals surface area contributed by atoms with Gasteiger partial charge in [0.05, 0.1) is 7.11 Å². The highest BCUT2D eigenvalue weighted by Gasteiger charge is 2.33. The average Bonchev–Trinajstić information content (AvgIpc) is 2.81.